The molecule has 0 aliphatic heterocycles. The molecule has 0 saturated heterocycles. The van der Waals surface area contributed by atoms with Gasteiger partial charge in [-0.2, -0.15) is 0 Å². The summed E-state index contributed by atoms with van der Waals surface area (Å²) in [5.74, 6) is 5.33. The molecular formula is C9H20N2O. The molecule has 0 saturated carbocycles. The fourth-order valence-corrected chi connectivity index (χ4v) is 0.904. The molecule has 0 fully saturated rings. The summed E-state index contributed by atoms with van der Waals surface area (Å²) in [4.78, 5) is 0. The van der Waals surface area contributed by atoms with Gasteiger partial charge in [0.15, 0.2) is 0 Å². The standard InChI is InChI=1S/C9H20N2O/c1-3-5-6-9(11-10)8-12-7-4-2/h3,9,11H,1,4-8,10H2,2H3. The van der Waals surface area contributed by atoms with Crippen molar-refractivity contribution in [2.75, 3.05) is 13.2 Å². The highest BCUT2D eigenvalue weighted by Gasteiger charge is 2.03. The van der Waals surface area contributed by atoms with Crippen LogP contribution in [-0.4, -0.2) is 19.3 Å². The van der Waals surface area contributed by atoms with Crippen LogP contribution in [0.2, 0.25) is 0 Å². The fourth-order valence-electron chi connectivity index (χ4n) is 0.904. The van der Waals surface area contributed by atoms with Gasteiger partial charge in [-0.3, -0.25) is 11.3 Å². The van der Waals surface area contributed by atoms with Gasteiger partial charge in [0, 0.05) is 12.6 Å². The van der Waals surface area contributed by atoms with Crippen molar-refractivity contribution in [2.24, 2.45) is 5.84 Å². The second-order valence-electron chi connectivity index (χ2n) is 2.80. The normalized spacial score (nSPS) is 12.8. The lowest BCUT2D eigenvalue weighted by Crippen LogP contribution is -2.38. The van der Waals surface area contributed by atoms with E-state index in [0.29, 0.717) is 6.61 Å². The maximum absolute atomic E-state index is 5.36. The van der Waals surface area contributed by atoms with Gasteiger partial charge in [-0.1, -0.05) is 13.0 Å². The minimum absolute atomic E-state index is 0.259. The number of ether oxygens (including phenoxy) is 1. The molecule has 3 N–H and O–H groups in total. The lowest BCUT2D eigenvalue weighted by molar-refractivity contribution is 0.109. The summed E-state index contributed by atoms with van der Waals surface area (Å²) in [5, 5.41) is 0. The Morgan fingerprint density at radius 1 is 1.67 bits per heavy atom. The first-order valence-electron chi connectivity index (χ1n) is 4.49. The fraction of sp³-hybridized carbons (Fsp3) is 0.778. The second-order valence-corrected chi connectivity index (χ2v) is 2.80. The Hall–Kier alpha value is -0.380. The Kier molecular flexibility index (Phi) is 8.44. The van der Waals surface area contributed by atoms with Crippen molar-refractivity contribution in [3.05, 3.63) is 12.7 Å². The Balaban J connectivity index is 3.32. The minimum Gasteiger partial charge on any atom is -0.380 e. The SMILES string of the molecule is C=CCCC(COCCC)NN. The minimum atomic E-state index is 0.259. The predicted octanol–water partition coefficient (Wildman–Crippen LogP) is 1.21. The van der Waals surface area contributed by atoms with Crippen LogP contribution in [0.5, 0.6) is 0 Å². The summed E-state index contributed by atoms with van der Waals surface area (Å²) in [6.07, 6.45) is 4.91. The van der Waals surface area contributed by atoms with E-state index < -0.39 is 0 Å². The van der Waals surface area contributed by atoms with Crippen LogP contribution in [0.3, 0.4) is 0 Å². The van der Waals surface area contributed by atoms with Crippen LogP contribution in [0.15, 0.2) is 12.7 Å². The summed E-state index contributed by atoms with van der Waals surface area (Å²) in [5.41, 5.74) is 2.72. The zero-order chi connectivity index (χ0) is 9.23. The second kappa shape index (κ2) is 8.71. The van der Waals surface area contributed by atoms with Crippen LogP contribution in [0.1, 0.15) is 26.2 Å². The van der Waals surface area contributed by atoms with Crippen molar-refractivity contribution in [3.63, 3.8) is 0 Å². The van der Waals surface area contributed by atoms with Crippen LogP contribution in [-0.2, 0) is 4.74 Å². The molecule has 3 heteroatoms. The third kappa shape index (κ3) is 6.34. The van der Waals surface area contributed by atoms with Crippen molar-refractivity contribution in [2.45, 2.75) is 32.2 Å². The van der Waals surface area contributed by atoms with E-state index in [0.717, 1.165) is 25.9 Å². The maximum Gasteiger partial charge on any atom is 0.0633 e. The first kappa shape index (κ1) is 11.6. The van der Waals surface area contributed by atoms with Crippen LogP contribution in [0, 0.1) is 0 Å². The Morgan fingerprint density at radius 2 is 2.42 bits per heavy atom. The van der Waals surface area contributed by atoms with Crippen molar-refractivity contribution >= 4 is 0 Å². The molecule has 0 amide bonds. The van der Waals surface area contributed by atoms with Gasteiger partial charge in [0.25, 0.3) is 0 Å². The van der Waals surface area contributed by atoms with Crippen molar-refractivity contribution < 1.29 is 4.74 Å². The molecule has 0 aliphatic rings. The zero-order valence-corrected chi connectivity index (χ0v) is 7.88. The van der Waals surface area contributed by atoms with Gasteiger partial charge in [0.2, 0.25) is 0 Å². The Labute approximate surface area is 74.9 Å². The highest BCUT2D eigenvalue weighted by molar-refractivity contribution is 4.72. The van der Waals surface area contributed by atoms with Gasteiger partial charge >= 0.3 is 0 Å². The lowest BCUT2D eigenvalue weighted by Gasteiger charge is -2.14. The van der Waals surface area contributed by atoms with Crippen molar-refractivity contribution in [3.8, 4) is 0 Å². The molecule has 0 aromatic carbocycles. The molecule has 0 radical (unpaired) electrons. The number of nitrogens with one attached hydrogen (secondary N) is 1. The Bertz CT molecular complexity index is 107. The van der Waals surface area contributed by atoms with Crippen molar-refractivity contribution in [1.82, 2.24) is 5.43 Å². The topological polar surface area (TPSA) is 47.3 Å². The molecule has 0 bridgehead atoms. The Morgan fingerprint density at radius 3 is 2.92 bits per heavy atom. The highest BCUT2D eigenvalue weighted by atomic mass is 16.5. The van der Waals surface area contributed by atoms with E-state index in [1.54, 1.807) is 0 Å². The number of hydrazine groups is 1. The van der Waals surface area contributed by atoms with Crippen LogP contribution >= 0.6 is 0 Å². The monoisotopic (exact) mass is 172 g/mol. The predicted molar refractivity (Wildman–Crippen MR) is 51.7 cm³/mol. The van der Waals surface area contributed by atoms with Gasteiger partial charge in [-0.25, -0.2) is 0 Å². The molecule has 3 nitrogen and oxygen atoms in total. The third-order valence-corrected chi connectivity index (χ3v) is 1.62. The average Bonchev–Trinajstić information content (AvgIpc) is 2.11. The maximum atomic E-state index is 5.36. The summed E-state index contributed by atoms with van der Waals surface area (Å²) in [6.45, 7) is 7.25. The van der Waals surface area contributed by atoms with E-state index in [2.05, 4.69) is 18.9 Å². The molecule has 0 aromatic heterocycles. The van der Waals surface area contributed by atoms with E-state index in [1.807, 2.05) is 6.08 Å². The van der Waals surface area contributed by atoms with E-state index in [4.69, 9.17) is 10.6 Å². The van der Waals surface area contributed by atoms with Gasteiger partial charge in [0.05, 0.1) is 6.61 Å². The molecule has 0 aromatic rings. The number of nitrogens with two attached hydrogens (primary N) is 1. The zero-order valence-electron chi connectivity index (χ0n) is 7.88. The molecule has 0 spiro atoms. The largest absolute Gasteiger partial charge is 0.380 e. The van der Waals surface area contributed by atoms with Crippen LogP contribution in [0.4, 0.5) is 0 Å². The van der Waals surface area contributed by atoms with Gasteiger partial charge in [0.1, 0.15) is 0 Å². The van der Waals surface area contributed by atoms with Crippen molar-refractivity contribution in [1.29, 1.82) is 0 Å². The number of hydrogen-bond donors (Lipinski definition) is 2. The van der Waals surface area contributed by atoms with Gasteiger partial charge in [-0.15, -0.1) is 6.58 Å². The summed E-state index contributed by atoms with van der Waals surface area (Å²) in [7, 11) is 0. The van der Waals surface area contributed by atoms with E-state index in [-0.39, 0.29) is 6.04 Å². The molecule has 1 atom stereocenters. The molecule has 0 heterocycles. The lowest BCUT2D eigenvalue weighted by atomic mass is 10.2. The highest BCUT2D eigenvalue weighted by Crippen LogP contribution is 1.97. The molecule has 1 unspecified atom stereocenters. The summed E-state index contributed by atoms with van der Waals surface area (Å²) < 4.78 is 5.36. The van der Waals surface area contributed by atoms with E-state index in [1.165, 1.54) is 0 Å². The molecule has 0 aliphatic carbocycles. The summed E-state index contributed by atoms with van der Waals surface area (Å²) in [6, 6.07) is 0.259. The summed E-state index contributed by atoms with van der Waals surface area (Å²) >= 11 is 0. The quantitative estimate of drug-likeness (QED) is 0.250. The number of allylic oxidation sites excluding steroid dienone is 1. The molecule has 0 rings (SSSR count). The number of hydrogen-bond acceptors (Lipinski definition) is 3. The van der Waals surface area contributed by atoms with E-state index in [9.17, 15) is 0 Å². The van der Waals surface area contributed by atoms with Crippen LogP contribution < -0.4 is 11.3 Å². The third-order valence-electron chi connectivity index (χ3n) is 1.62. The smallest absolute Gasteiger partial charge is 0.0633 e. The van der Waals surface area contributed by atoms with E-state index >= 15 is 0 Å². The van der Waals surface area contributed by atoms with Gasteiger partial charge in [-0.05, 0) is 19.3 Å². The van der Waals surface area contributed by atoms with Crippen LogP contribution in [0.25, 0.3) is 0 Å². The first-order valence-corrected chi connectivity index (χ1v) is 4.49. The average molecular weight is 172 g/mol. The first-order chi connectivity index (χ1) is 5.85. The van der Waals surface area contributed by atoms with Gasteiger partial charge < -0.3 is 4.74 Å². The number of rotatable bonds is 8. The molecular weight excluding hydrogens is 152 g/mol. The molecule has 12 heavy (non-hydrogen) atoms. The molecule has 72 valence electrons.